The summed E-state index contributed by atoms with van der Waals surface area (Å²) in [5.41, 5.74) is 1.12. The van der Waals surface area contributed by atoms with Crippen LogP contribution >= 0.6 is 0 Å². The molecule has 0 heterocycles. The molecule has 1 aromatic carbocycles. The van der Waals surface area contributed by atoms with Gasteiger partial charge in [0.1, 0.15) is 0 Å². The van der Waals surface area contributed by atoms with Crippen LogP contribution in [0, 0.1) is 5.92 Å². The molecule has 1 aromatic rings. The van der Waals surface area contributed by atoms with E-state index in [0.29, 0.717) is 6.54 Å². The Labute approximate surface area is 91.0 Å². The highest BCUT2D eigenvalue weighted by molar-refractivity contribution is 5.78. The lowest BCUT2D eigenvalue weighted by Crippen LogP contribution is -2.28. The number of amides is 1. The van der Waals surface area contributed by atoms with Crippen molar-refractivity contribution >= 4 is 5.91 Å². The largest absolute Gasteiger partial charge is 0.352 e. The van der Waals surface area contributed by atoms with E-state index in [0.717, 1.165) is 12.0 Å². The van der Waals surface area contributed by atoms with Crippen LogP contribution < -0.4 is 5.32 Å². The first-order valence-corrected chi connectivity index (χ1v) is 5.16. The molecule has 1 amide bonds. The van der Waals surface area contributed by atoms with Crippen molar-refractivity contribution in [2.24, 2.45) is 5.92 Å². The Hall–Kier alpha value is -1.57. The molecule has 0 aliphatic rings. The maximum atomic E-state index is 11.5. The molecule has 1 rings (SSSR count). The van der Waals surface area contributed by atoms with Crippen molar-refractivity contribution in [1.82, 2.24) is 5.32 Å². The summed E-state index contributed by atoms with van der Waals surface area (Å²) in [6, 6.07) is 9.89. The number of rotatable bonds is 5. The van der Waals surface area contributed by atoms with E-state index < -0.39 is 0 Å². The molecular weight excluding hydrogens is 186 g/mol. The molecule has 0 aliphatic carbocycles. The van der Waals surface area contributed by atoms with Gasteiger partial charge in [0.15, 0.2) is 0 Å². The fourth-order valence-electron chi connectivity index (χ4n) is 1.32. The highest BCUT2D eigenvalue weighted by Gasteiger charge is 2.09. The SMILES string of the molecule is C=CC[C@H](C)C(=O)NCc1ccccc1. The zero-order valence-corrected chi connectivity index (χ0v) is 9.07. The van der Waals surface area contributed by atoms with Crippen LogP contribution in [-0.2, 0) is 11.3 Å². The summed E-state index contributed by atoms with van der Waals surface area (Å²) in [4.78, 5) is 11.5. The Balaban J connectivity index is 2.37. The van der Waals surface area contributed by atoms with Crippen molar-refractivity contribution in [2.75, 3.05) is 0 Å². The second kappa shape index (κ2) is 6.02. The Bertz CT molecular complexity index is 319. The summed E-state index contributed by atoms with van der Waals surface area (Å²) in [7, 11) is 0. The van der Waals surface area contributed by atoms with E-state index in [4.69, 9.17) is 0 Å². The first-order chi connectivity index (χ1) is 7.24. The molecule has 0 saturated carbocycles. The topological polar surface area (TPSA) is 29.1 Å². The maximum absolute atomic E-state index is 11.5. The lowest BCUT2D eigenvalue weighted by atomic mass is 10.1. The second-order valence-corrected chi connectivity index (χ2v) is 3.63. The summed E-state index contributed by atoms with van der Waals surface area (Å²) in [6.07, 6.45) is 2.49. The molecule has 1 N–H and O–H groups in total. The van der Waals surface area contributed by atoms with Crippen LogP contribution in [0.15, 0.2) is 43.0 Å². The molecule has 0 aromatic heterocycles. The third kappa shape index (κ3) is 3.98. The average Bonchev–Trinajstić information content (AvgIpc) is 2.27. The minimum atomic E-state index is 0.00575. The molecule has 0 aliphatic heterocycles. The molecule has 0 saturated heterocycles. The van der Waals surface area contributed by atoms with Gasteiger partial charge in [0.25, 0.3) is 0 Å². The fourth-order valence-corrected chi connectivity index (χ4v) is 1.32. The number of carbonyl (C=O) groups excluding carboxylic acids is 1. The van der Waals surface area contributed by atoms with Crippen LogP contribution in [0.1, 0.15) is 18.9 Å². The maximum Gasteiger partial charge on any atom is 0.223 e. The minimum absolute atomic E-state index is 0.00575. The van der Waals surface area contributed by atoms with Crippen LogP contribution in [0.5, 0.6) is 0 Å². The quantitative estimate of drug-likeness (QED) is 0.732. The van der Waals surface area contributed by atoms with Gasteiger partial charge in [-0.25, -0.2) is 0 Å². The van der Waals surface area contributed by atoms with Gasteiger partial charge in [-0.05, 0) is 12.0 Å². The molecule has 0 spiro atoms. The van der Waals surface area contributed by atoms with Crippen molar-refractivity contribution in [1.29, 1.82) is 0 Å². The molecule has 15 heavy (non-hydrogen) atoms. The van der Waals surface area contributed by atoms with Gasteiger partial charge < -0.3 is 5.32 Å². The zero-order chi connectivity index (χ0) is 11.1. The minimum Gasteiger partial charge on any atom is -0.352 e. The van der Waals surface area contributed by atoms with Gasteiger partial charge in [0, 0.05) is 12.5 Å². The summed E-state index contributed by atoms with van der Waals surface area (Å²) >= 11 is 0. The Morgan fingerprint density at radius 3 is 2.73 bits per heavy atom. The van der Waals surface area contributed by atoms with Crippen LogP contribution in [0.4, 0.5) is 0 Å². The molecule has 2 heteroatoms. The molecular formula is C13H17NO. The molecule has 0 fully saturated rings. The highest BCUT2D eigenvalue weighted by atomic mass is 16.1. The van der Waals surface area contributed by atoms with Crippen LogP contribution in [0.2, 0.25) is 0 Å². The van der Waals surface area contributed by atoms with Crippen molar-refractivity contribution in [3.63, 3.8) is 0 Å². The monoisotopic (exact) mass is 203 g/mol. The predicted molar refractivity (Wildman–Crippen MR) is 62.3 cm³/mol. The standard InChI is InChI=1S/C13H17NO/c1-3-7-11(2)13(15)14-10-12-8-5-4-6-9-12/h3-6,8-9,11H,1,7,10H2,2H3,(H,14,15)/t11-/m0/s1. The van der Waals surface area contributed by atoms with Crippen LogP contribution in [0.25, 0.3) is 0 Å². The van der Waals surface area contributed by atoms with E-state index in [2.05, 4.69) is 11.9 Å². The van der Waals surface area contributed by atoms with Gasteiger partial charge in [0.2, 0.25) is 5.91 Å². The Morgan fingerprint density at radius 2 is 2.13 bits per heavy atom. The van der Waals surface area contributed by atoms with E-state index in [1.165, 1.54) is 0 Å². The van der Waals surface area contributed by atoms with E-state index in [1.54, 1.807) is 6.08 Å². The first kappa shape index (κ1) is 11.5. The third-order valence-corrected chi connectivity index (χ3v) is 2.28. The first-order valence-electron chi connectivity index (χ1n) is 5.16. The smallest absolute Gasteiger partial charge is 0.223 e. The van der Waals surface area contributed by atoms with E-state index in [9.17, 15) is 4.79 Å². The lowest BCUT2D eigenvalue weighted by Gasteiger charge is -2.09. The van der Waals surface area contributed by atoms with Gasteiger partial charge in [-0.15, -0.1) is 6.58 Å². The lowest BCUT2D eigenvalue weighted by molar-refractivity contribution is -0.124. The molecule has 80 valence electrons. The van der Waals surface area contributed by atoms with Crippen molar-refractivity contribution in [2.45, 2.75) is 19.9 Å². The average molecular weight is 203 g/mol. The van der Waals surface area contributed by atoms with Gasteiger partial charge in [-0.2, -0.15) is 0 Å². The fraction of sp³-hybridized carbons (Fsp3) is 0.308. The summed E-state index contributed by atoms with van der Waals surface area (Å²) in [6.45, 7) is 6.12. The molecule has 0 unspecified atom stereocenters. The predicted octanol–water partition coefficient (Wildman–Crippen LogP) is 2.52. The molecule has 0 radical (unpaired) electrons. The zero-order valence-electron chi connectivity index (χ0n) is 9.07. The van der Waals surface area contributed by atoms with Crippen molar-refractivity contribution in [3.8, 4) is 0 Å². The molecule has 1 atom stereocenters. The number of carbonyl (C=O) groups is 1. The van der Waals surface area contributed by atoms with Gasteiger partial charge >= 0.3 is 0 Å². The number of hydrogen-bond donors (Lipinski definition) is 1. The highest BCUT2D eigenvalue weighted by Crippen LogP contribution is 2.03. The van der Waals surface area contributed by atoms with Crippen LogP contribution in [-0.4, -0.2) is 5.91 Å². The van der Waals surface area contributed by atoms with Crippen molar-refractivity contribution in [3.05, 3.63) is 48.6 Å². The Kier molecular flexibility index (Phi) is 4.61. The number of allylic oxidation sites excluding steroid dienone is 1. The summed E-state index contributed by atoms with van der Waals surface area (Å²) in [5, 5.41) is 2.90. The summed E-state index contributed by atoms with van der Waals surface area (Å²) < 4.78 is 0. The van der Waals surface area contributed by atoms with Gasteiger partial charge in [-0.1, -0.05) is 43.3 Å². The summed E-state index contributed by atoms with van der Waals surface area (Å²) in [5.74, 6) is 0.0879. The number of benzene rings is 1. The van der Waals surface area contributed by atoms with E-state index in [1.807, 2.05) is 37.3 Å². The second-order valence-electron chi connectivity index (χ2n) is 3.63. The molecule has 2 nitrogen and oxygen atoms in total. The number of nitrogens with one attached hydrogen (secondary N) is 1. The van der Waals surface area contributed by atoms with E-state index >= 15 is 0 Å². The normalized spacial score (nSPS) is 11.8. The van der Waals surface area contributed by atoms with Crippen LogP contribution in [0.3, 0.4) is 0 Å². The van der Waals surface area contributed by atoms with Gasteiger partial charge in [0.05, 0.1) is 0 Å². The van der Waals surface area contributed by atoms with Crippen molar-refractivity contribution < 1.29 is 4.79 Å². The molecule has 0 bridgehead atoms. The third-order valence-electron chi connectivity index (χ3n) is 2.28. The van der Waals surface area contributed by atoms with E-state index in [-0.39, 0.29) is 11.8 Å². The number of hydrogen-bond acceptors (Lipinski definition) is 1. The van der Waals surface area contributed by atoms with Gasteiger partial charge in [-0.3, -0.25) is 4.79 Å². The Morgan fingerprint density at radius 1 is 1.47 bits per heavy atom.